The number of hydrogen-bond acceptors (Lipinski definition) is 5. The molecule has 0 spiro atoms. The zero-order chi connectivity index (χ0) is 9.97. The average Bonchev–Trinajstić information content (AvgIpc) is 2.75. The highest BCUT2D eigenvalue weighted by Crippen LogP contribution is 2.33. The second-order valence-corrected chi connectivity index (χ2v) is 5.69. The molecule has 0 aromatic carbocycles. The number of carbonyl (C=O) groups is 1. The van der Waals surface area contributed by atoms with Gasteiger partial charge in [0.1, 0.15) is 0 Å². The van der Waals surface area contributed by atoms with Gasteiger partial charge in [0, 0.05) is 5.38 Å². The Morgan fingerprint density at radius 2 is 2.36 bits per heavy atom. The molecule has 2 heterocycles. The predicted octanol–water partition coefficient (Wildman–Crippen LogP) is 3.05. The van der Waals surface area contributed by atoms with Crippen LogP contribution in [0.4, 0.5) is 0 Å². The lowest BCUT2D eigenvalue weighted by atomic mass is 10.5. The van der Waals surface area contributed by atoms with Crippen molar-refractivity contribution < 1.29 is 9.90 Å². The van der Waals surface area contributed by atoms with Crippen LogP contribution in [0.1, 0.15) is 10.5 Å². The second kappa shape index (κ2) is 4.12. The van der Waals surface area contributed by atoms with Gasteiger partial charge in [0.2, 0.25) is 0 Å². The van der Waals surface area contributed by atoms with Gasteiger partial charge in [-0.3, -0.25) is 0 Å². The van der Waals surface area contributed by atoms with Crippen LogP contribution in [0.5, 0.6) is 0 Å². The number of rotatable bonds is 3. The van der Waals surface area contributed by atoms with Crippen LogP contribution in [0, 0.1) is 0 Å². The Hall–Kier alpha value is -0.850. The Labute approximate surface area is 92.4 Å². The van der Waals surface area contributed by atoms with E-state index in [1.54, 1.807) is 16.7 Å². The number of aromatic nitrogens is 1. The standard InChI is InChI=1S/C8H5NO2S3/c10-7(11)5-4-13-8(9-5)14-6-2-1-3-12-6/h1-4H,(H,10,11). The summed E-state index contributed by atoms with van der Waals surface area (Å²) in [4.78, 5) is 14.5. The summed E-state index contributed by atoms with van der Waals surface area (Å²) < 4.78 is 1.89. The van der Waals surface area contributed by atoms with E-state index in [4.69, 9.17) is 5.11 Å². The van der Waals surface area contributed by atoms with Gasteiger partial charge in [0.15, 0.2) is 10.0 Å². The summed E-state index contributed by atoms with van der Waals surface area (Å²) >= 11 is 4.47. The molecule has 72 valence electrons. The van der Waals surface area contributed by atoms with Crippen LogP contribution in [0.15, 0.2) is 31.4 Å². The van der Waals surface area contributed by atoms with Crippen LogP contribution in [-0.2, 0) is 0 Å². The summed E-state index contributed by atoms with van der Waals surface area (Å²) in [6.07, 6.45) is 0. The number of carboxylic acid groups (broad SMARTS) is 1. The number of carboxylic acids is 1. The molecular formula is C8H5NO2S3. The molecule has 2 aromatic heterocycles. The maximum Gasteiger partial charge on any atom is 0.355 e. The van der Waals surface area contributed by atoms with Gasteiger partial charge in [-0.05, 0) is 23.2 Å². The topological polar surface area (TPSA) is 50.2 Å². The third-order valence-electron chi connectivity index (χ3n) is 1.39. The number of hydrogen-bond donors (Lipinski definition) is 1. The van der Waals surface area contributed by atoms with Gasteiger partial charge in [-0.25, -0.2) is 9.78 Å². The van der Waals surface area contributed by atoms with Crippen LogP contribution in [0.3, 0.4) is 0 Å². The number of aromatic carboxylic acids is 1. The highest BCUT2D eigenvalue weighted by Gasteiger charge is 2.09. The summed E-state index contributed by atoms with van der Waals surface area (Å²) in [5.41, 5.74) is 0.119. The minimum absolute atomic E-state index is 0.119. The monoisotopic (exact) mass is 243 g/mol. The molecule has 0 bridgehead atoms. The third kappa shape index (κ3) is 2.14. The maximum atomic E-state index is 10.6. The van der Waals surface area contributed by atoms with E-state index in [2.05, 4.69) is 4.98 Å². The lowest BCUT2D eigenvalue weighted by Crippen LogP contribution is -1.95. The molecule has 0 radical (unpaired) electrons. The predicted molar refractivity (Wildman–Crippen MR) is 57.5 cm³/mol. The Morgan fingerprint density at radius 3 is 2.93 bits per heavy atom. The van der Waals surface area contributed by atoms with Crippen LogP contribution in [0.25, 0.3) is 0 Å². The first kappa shape index (κ1) is 9.70. The fourth-order valence-corrected chi connectivity index (χ4v) is 3.60. The van der Waals surface area contributed by atoms with Crippen molar-refractivity contribution in [3.8, 4) is 0 Å². The SMILES string of the molecule is O=C(O)c1csc(Sc2cccs2)n1. The smallest absolute Gasteiger partial charge is 0.355 e. The zero-order valence-electron chi connectivity index (χ0n) is 6.84. The van der Waals surface area contributed by atoms with Crippen molar-refractivity contribution in [3.63, 3.8) is 0 Å². The Kier molecular flexibility index (Phi) is 2.85. The summed E-state index contributed by atoms with van der Waals surface area (Å²) in [5.74, 6) is -0.973. The fraction of sp³-hybridized carbons (Fsp3) is 0. The molecule has 2 rings (SSSR count). The summed E-state index contributed by atoms with van der Waals surface area (Å²) in [6.45, 7) is 0. The molecule has 3 nitrogen and oxygen atoms in total. The minimum Gasteiger partial charge on any atom is -0.476 e. The third-order valence-corrected chi connectivity index (χ3v) is 4.36. The summed E-state index contributed by atoms with van der Waals surface area (Å²) in [7, 11) is 0. The van der Waals surface area contributed by atoms with E-state index in [1.807, 2.05) is 17.5 Å². The Balaban J connectivity index is 2.14. The van der Waals surface area contributed by atoms with Crippen molar-refractivity contribution in [1.29, 1.82) is 0 Å². The first-order chi connectivity index (χ1) is 6.75. The molecular weight excluding hydrogens is 238 g/mol. The van der Waals surface area contributed by atoms with Crippen LogP contribution >= 0.6 is 34.4 Å². The first-order valence-corrected chi connectivity index (χ1v) is 6.23. The van der Waals surface area contributed by atoms with Gasteiger partial charge in [-0.2, -0.15) is 0 Å². The molecule has 6 heteroatoms. The summed E-state index contributed by atoms with van der Waals surface area (Å²) in [5, 5.41) is 12.2. The van der Waals surface area contributed by atoms with E-state index < -0.39 is 5.97 Å². The molecule has 0 unspecified atom stereocenters. The molecule has 0 aliphatic heterocycles. The first-order valence-electron chi connectivity index (χ1n) is 3.66. The summed E-state index contributed by atoms with van der Waals surface area (Å²) in [6, 6.07) is 3.94. The molecule has 0 saturated carbocycles. The lowest BCUT2D eigenvalue weighted by Gasteiger charge is -1.89. The highest BCUT2D eigenvalue weighted by molar-refractivity contribution is 8.02. The van der Waals surface area contributed by atoms with E-state index in [9.17, 15) is 4.79 Å². The highest BCUT2D eigenvalue weighted by atomic mass is 32.2. The maximum absolute atomic E-state index is 10.6. The van der Waals surface area contributed by atoms with Gasteiger partial charge in [0.05, 0.1) is 4.21 Å². The van der Waals surface area contributed by atoms with Crippen molar-refractivity contribution in [1.82, 2.24) is 4.98 Å². The molecule has 0 atom stereocenters. The van der Waals surface area contributed by atoms with E-state index in [0.717, 1.165) is 8.55 Å². The molecule has 0 aliphatic carbocycles. The molecule has 0 fully saturated rings. The van der Waals surface area contributed by atoms with E-state index in [0.29, 0.717) is 0 Å². The van der Waals surface area contributed by atoms with Gasteiger partial charge in [0.25, 0.3) is 0 Å². The molecule has 0 saturated heterocycles. The molecule has 0 amide bonds. The molecule has 1 N–H and O–H groups in total. The second-order valence-electron chi connectivity index (χ2n) is 2.34. The Morgan fingerprint density at radius 1 is 1.50 bits per heavy atom. The number of thiophene rings is 1. The van der Waals surface area contributed by atoms with Crippen molar-refractivity contribution >= 4 is 40.4 Å². The molecule has 14 heavy (non-hydrogen) atoms. The van der Waals surface area contributed by atoms with Crippen molar-refractivity contribution in [3.05, 3.63) is 28.6 Å². The van der Waals surface area contributed by atoms with Gasteiger partial charge >= 0.3 is 5.97 Å². The fourth-order valence-electron chi connectivity index (χ4n) is 0.810. The normalized spacial score (nSPS) is 10.3. The largest absolute Gasteiger partial charge is 0.476 e. The number of nitrogens with zero attached hydrogens (tertiary/aromatic N) is 1. The molecule has 0 aliphatic rings. The van der Waals surface area contributed by atoms with Gasteiger partial charge in [-0.15, -0.1) is 22.7 Å². The number of thiazole rings is 1. The van der Waals surface area contributed by atoms with E-state index in [-0.39, 0.29) is 5.69 Å². The minimum atomic E-state index is -0.973. The van der Waals surface area contributed by atoms with Crippen molar-refractivity contribution in [2.24, 2.45) is 0 Å². The zero-order valence-corrected chi connectivity index (χ0v) is 9.29. The van der Waals surface area contributed by atoms with E-state index in [1.165, 1.54) is 23.1 Å². The van der Waals surface area contributed by atoms with E-state index >= 15 is 0 Å². The Bertz CT molecular complexity index is 435. The van der Waals surface area contributed by atoms with Gasteiger partial charge < -0.3 is 5.11 Å². The van der Waals surface area contributed by atoms with Gasteiger partial charge in [-0.1, -0.05) is 6.07 Å². The van der Waals surface area contributed by atoms with Crippen molar-refractivity contribution in [2.45, 2.75) is 8.55 Å². The van der Waals surface area contributed by atoms with Crippen LogP contribution < -0.4 is 0 Å². The lowest BCUT2D eigenvalue weighted by molar-refractivity contribution is 0.0691. The molecule has 2 aromatic rings. The quantitative estimate of drug-likeness (QED) is 0.900. The average molecular weight is 243 g/mol. The van der Waals surface area contributed by atoms with Crippen molar-refractivity contribution in [2.75, 3.05) is 0 Å². The van der Waals surface area contributed by atoms with Crippen LogP contribution in [-0.4, -0.2) is 16.1 Å². The van der Waals surface area contributed by atoms with Crippen LogP contribution in [0.2, 0.25) is 0 Å².